The molecule has 2 aromatic rings. The van der Waals surface area contributed by atoms with E-state index in [1.165, 1.54) is 0 Å². The third-order valence-corrected chi connectivity index (χ3v) is 2.71. The van der Waals surface area contributed by atoms with Crippen LogP contribution in [0.25, 0.3) is 11.0 Å². The molecule has 0 radical (unpaired) electrons. The molecule has 0 aliphatic rings. The van der Waals surface area contributed by atoms with Gasteiger partial charge in [-0.1, -0.05) is 6.08 Å². The number of aromatic nitrogens is 2. The number of allylic oxidation sites excluding steroid dienone is 1. The maximum atomic E-state index is 11.1. The molecule has 1 aromatic heterocycles. The van der Waals surface area contributed by atoms with Crippen LogP contribution in [0.1, 0.15) is 10.6 Å². The first kappa shape index (κ1) is 12.2. The molecule has 1 aromatic carbocycles. The van der Waals surface area contributed by atoms with E-state index in [1.54, 1.807) is 37.0 Å². The van der Waals surface area contributed by atoms with E-state index in [9.17, 15) is 4.79 Å². The van der Waals surface area contributed by atoms with Crippen LogP contribution in [0.5, 0.6) is 11.5 Å². The molecule has 5 nitrogen and oxygen atoms in total. The van der Waals surface area contributed by atoms with Crippen LogP contribution >= 0.6 is 0 Å². The number of hydrogen-bond donors (Lipinski definition) is 0. The molecule has 0 amide bonds. The Hall–Kier alpha value is -2.30. The fraction of sp³-hybridized carbons (Fsp3) is 0.231. The van der Waals surface area contributed by atoms with Gasteiger partial charge in [-0.05, 0) is 12.1 Å². The van der Waals surface area contributed by atoms with Gasteiger partial charge in [-0.3, -0.25) is 4.79 Å². The summed E-state index contributed by atoms with van der Waals surface area (Å²) in [5.41, 5.74) is 1.35. The van der Waals surface area contributed by atoms with E-state index in [0.717, 1.165) is 5.52 Å². The highest BCUT2D eigenvalue weighted by Gasteiger charge is 2.17. The van der Waals surface area contributed by atoms with E-state index >= 15 is 0 Å². The van der Waals surface area contributed by atoms with Crippen molar-refractivity contribution in [3.05, 3.63) is 30.6 Å². The summed E-state index contributed by atoms with van der Waals surface area (Å²) in [7, 11) is 3.14. The molecular formula is C13H14N2O3. The molecule has 18 heavy (non-hydrogen) atoms. The molecule has 0 aliphatic heterocycles. The Labute approximate surface area is 105 Å². The fourth-order valence-electron chi connectivity index (χ4n) is 1.93. The molecule has 0 unspecified atom stereocenters. The van der Waals surface area contributed by atoms with Crippen LogP contribution in [0.3, 0.4) is 0 Å². The fourth-order valence-corrected chi connectivity index (χ4v) is 1.93. The van der Waals surface area contributed by atoms with Crippen molar-refractivity contribution in [2.75, 3.05) is 14.2 Å². The maximum absolute atomic E-state index is 11.1. The van der Waals surface area contributed by atoms with Gasteiger partial charge in [0.25, 0.3) is 0 Å². The van der Waals surface area contributed by atoms with Crippen LogP contribution < -0.4 is 9.47 Å². The average Bonchev–Trinajstić information content (AvgIpc) is 2.77. The zero-order valence-electron chi connectivity index (χ0n) is 10.3. The van der Waals surface area contributed by atoms with Crippen molar-refractivity contribution in [3.8, 4) is 11.5 Å². The van der Waals surface area contributed by atoms with Gasteiger partial charge >= 0.3 is 0 Å². The summed E-state index contributed by atoms with van der Waals surface area (Å²) in [6.45, 7) is 4.16. The molecular weight excluding hydrogens is 232 g/mol. The van der Waals surface area contributed by atoms with Crippen molar-refractivity contribution < 1.29 is 14.3 Å². The number of aldehydes is 1. The lowest BCUT2D eigenvalue weighted by molar-refractivity contribution is 0.111. The molecule has 0 atom stereocenters. The predicted molar refractivity (Wildman–Crippen MR) is 68.4 cm³/mol. The van der Waals surface area contributed by atoms with Gasteiger partial charge in [-0.15, -0.1) is 6.58 Å². The zero-order valence-corrected chi connectivity index (χ0v) is 10.3. The topological polar surface area (TPSA) is 53.4 Å². The molecule has 0 saturated carbocycles. The first-order chi connectivity index (χ1) is 8.76. The molecule has 0 saturated heterocycles. The van der Waals surface area contributed by atoms with E-state index in [2.05, 4.69) is 11.6 Å². The number of carbonyl (C=O) groups is 1. The van der Waals surface area contributed by atoms with E-state index in [4.69, 9.17) is 9.47 Å². The van der Waals surface area contributed by atoms with Gasteiger partial charge in [-0.25, -0.2) is 4.98 Å². The van der Waals surface area contributed by atoms with Gasteiger partial charge in [0.1, 0.15) is 22.5 Å². The van der Waals surface area contributed by atoms with Crippen molar-refractivity contribution in [2.24, 2.45) is 0 Å². The van der Waals surface area contributed by atoms with Crippen LogP contribution in [-0.4, -0.2) is 30.1 Å². The second-order valence-corrected chi connectivity index (χ2v) is 3.65. The Morgan fingerprint density at radius 2 is 2.00 bits per heavy atom. The standard InChI is InChI=1S/C13H14N2O3/c1-4-7-15-11(8-16)14-12-9(17-2)5-6-10(18-3)13(12)15/h4-6,8H,1,7H2,2-3H3. The third-order valence-electron chi connectivity index (χ3n) is 2.71. The lowest BCUT2D eigenvalue weighted by Gasteiger charge is -2.08. The molecule has 0 bridgehead atoms. The van der Waals surface area contributed by atoms with Crippen molar-refractivity contribution in [3.63, 3.8) is 0 Å². The number of fused-ring (bicyclic) bond motifs is 1. The monoisotopic (exact) mass is 246 g/mol. The summed E-state index contributed by atoms with van der Waals surface area (Å²) >= 11 is 0. The zero-order chi connectivity index (χ0) is 13.1. The van der Waals surface area contributed by atoms with Crippen molar-refractivity contribution >= 4 is 17.3 Å². The summed E-state index contributed by atoms with van der Waals surface area (Å²) in [6.07, 6.45) is 2.41. The summed E-state index contributed by atoms with van der Waals surface area (Å²) < 4.78 is 12.3. The Kier molecular flexibility index (Phi) is 3.32. The van der Waals surface area contributed by atoms with Gasteiger partial charge in [-0.2, -0.15) is 0 Å². The normalized spacial score (nSPS) is 10.3. The molecule has 0 aliphatic carbocycles. The number of methoxy groups -OCH3 is 2. The quantitative estimate of drug-likeness (QED) is 0.598. The van der Waals surface area contributed by atoms with Gasteiger partial charge < -0.3 is 14.0 Å². The summed E-state index contributed by atoms with van der Waals surface area (Å²) in [5.74, 6) is 1.58. The molecule has 0 spiro atoms. The average molecular weight is 246 g/mol. The lowest BCUT2D eigenvalue weighted by atomic mass is 10.2. The van der Waals surface area contributed by atoms with Gasteiger partial charge in [0.2, 0.25) is 0 Å². The lowest BCUT2D eigenvalue weighted by Crippen LogP contribution is -2.01. The molecule has 94 valence electrons. The van der Waals surface area contributed by atoms with E-state index < -0.39 is 0 Å². The number of hydrogen-bond acceptors (Lipinski definition) is 4. The number of rotatable bonds is 5. The number of benzene rings is 1. The number of imidazole rings is 1. The molecule has 5 heteroatoms. The largest absolute Gasteiger partial charge is 0.494 e. The minimum Gasteiger partial charge on any atom is -0.494 e. The van der Waals surface area contributed by atoms with Crippen LogP contribution in [0.2, 0.25) is 0 Å². The molecule has 0 fully saturated rings. The summed E-state index contributed by atoms with van der Waals surface area (Å²) in [6, 6.07) is 3.55. The minimum absolute atomic E-state index is 0.327. The van der Waals surface area contributed by atoms with E-state index in [1.807, 2.05) is 0 Å². The van der Waals surface area contributed by atoms with Gasteiger partial charge in [0.05, 0.1) is 14.2 Å². The predicted octanol–water partition coefficient (Wildman–Crippen LogP) is 2.05. The Balaban J connectivity index is 2.85. The smallest absolute Gasteiger partial charge is 0.185 e. The van der Waals surface area contributed by atoms with Gasteiger partial charge in [0, 0.05) is 6.54 Å². The highest BCUT2D eigenvalue weighted by Crippen LogP contribution is 2.33. The molecule has 2 rings (SSSR count). The highest BCUT2D eigenvalue weighted by atomic mass is 16.5. The molecule has 1 heterocycles. The van der Waals surface area contributed by atoms with Gasteiger partial charge in [0.15, 0.2) is 12.1 Å². The maximum Gasteiger partial charge on any atom is 0.185 e. The van der Waals surface area contributed by atoms with Crippen molar-refractivity contribution in [2.45, 2.75) is 6.54 Å². The number of carbonyl (C=O) groups excluding carboxylic acids is 1. The Bertz CT molecular complexity index is 602. The van der Waals surface area contributed by atoms with Crippen LogP contribution in [0.15, 0.2) is 24.8 Å². The number of ether oxygens (including phenoxy) is 2. The number of nitrogens with zero attached hydrogens (tertiary/aromatic N) is 2. The van der Waals surface area contributed by atoms with Crippen molar-refractivity contribution in [1.29, 1.82) is 0 Å². The SMILES string of the molecule is C=CCn1c(C=O)nc2c(OC)ccc(OC)c21. The van der Waals surface area contributed by atoms with E-state index in [-0.39, 0.29) is 0 Å². The first-order valence-electron chi connectivity index (χ1n) is 5.44. The molecule has 0 N–H and O–H groups in total. The van der Waals surface area contributed by atoms with Crippen LogP contribution in [-0.2, 0) is 6.54 Å². The highest BCUT2D eigenvalue weighted by molar-refractivity contribution is 5.91. The Morgan fingerprint density at radius 3 is 2.56 bits per heavy atom. The first-order valence-corrected chi connectivity index (χ1v) is 5.44. The van der Waals surface area contributed by atoms with Crippen LogP contribution in [0, 0.1) is 0 Å². The second-order valence-electron chi connectivity index (χ2n) is 3.65. The Morgan fingerprint density at radius 1 is 1.33 bits per heavy atom. The summed E-state index contributed by atoms with van der Waals surface area (Å²) in [5, 5.41) is 0. The van der Waals surface area contributed by atoms with Crippen LogP contribution in [0.4, 0.5) is 0 Å². The van der Waals surface area contributed by atoms with E-state index in [0.29, 0.717) is 35.7 Å². The second kappa shape index (κ2) is 4.91. The third kappa shape index (κ3) is 1.73. The summed E-state index contributed by atoms with van der Waals surface area (Å²) in [4.78, 5) is 15.3. The minimum atomic E-state index is 0.327. The van der Waals surface area contributed by atoms with Crippen molar-refractivity contribution in [1.82, 2.24) is 9.55 Å².